The summed E-state index contributed by atoms with van der Waals surface area (Å²) in [5.74, 6) is 9.76. The van der Waals surface area contributed by atoms with Gasteiger partial charge in [-0.15, -0.1) is 0 Å². The highest BCUT2D eigenvalue weighted by molar-refractivity contribution is 5.88. The summed E-state index contributed by atoms with van der Waals surface area (Å²) in [4.78, 5) is 52.6. The summed E-state index contributed by atoms with van der Waals surface area (Å²) in [6.45, 7) is 7.66. The highest BCUT2D eigenvalue weighted by Gasteiger charge is 2.20. The number of hydrogen-bond acceptors (Lipinski definition) is 8. The Labute approximate surface area is 421 Å². The number of carbonyl (C=O) groups is 3. The Balaban J connectivity index is 1.21. The minimum Gasteiger partial charge on any atom is -0.480 e. The normalized spacial score (nSPS) is 13.5. The van der Waals surface area contributed by atoms with Gasteiger partial charge in [-0.05, 0) is 109 Å². The number of carboxylic acids is 3. The van der Waals surface area contributed by atoms with Gasteiger partial charge in [-0.1, -0.05) is 132 Å². The van der Waals surface area contributed by atoms with Gasteiger partial charge in [0.25, 0.3) is 0 Å². The van der Waals surface area contributed by atoms with E-state index in [0.29, 0.717) is 69.2 Å². The van der Waals surface area contributed by atoms with E-state index in [-0.39, 0.29) is 17.8 Å². The molecule has 2 bridgehead atoms. The van der Waals surface area contributed by atoms with Crippen LogP contribution in [-0.2, 0) is 43.8 Å². The Bertz CT molecular complexity index is 2640. The van der Waals surface area contributed by atoms with Gasteiger partial charge in [-0.25, -0.2) is 14.6 Å². The van der Waals surface area contributed by atoms with Crippen LogP contribution in [0.5, 0.6) is 0 Å². The molecule has 71 heavy (non-hydrogen) atoms. The summed E-state index contributed by atoms with van der Waals surface area (Å²) >= 11 is 0. The van der Waals surface area contributed by atoms with Gasteiger partial charge in [-0.2, -0.15) is 0 Å². The molecule has 372 valence electrons. The number of rotatable bonds is 22. The lowest BCUT2D eigenvalue weighted by Gasteiger charge is -2.31. The van der Waals surface area contributed by atoms with Crippen LogP contribution in [0.3, 0.4) is 0 Å². The number of hydrogen-bond donors (Lipinski definition) is 3. The first-order chi connectivity index (χ1) is 34.5. The molecule has 0 atom stereocenters. The summed E-state index contributed by atoms with van der Waals surface area (Å²) in [7, 11) is 0. The van der Waals surface area contributed by atoms with E-state index in [4.69, 9.17) is 4.98 Å². The molecule has 0 unspecified atom stereocenters. The number of pyridine rings is 2. The van der Waals surface area contributed by atoms with Gasteiger partial charge in [-0.3, -0.25) is 24.5 Å². The van der Waals surface area contributed by atoms with Crippen LogP contribution in [0.4, 0.5) is 0 Å². The van der Waals surface area contributed by atoms with Crippen molar-refractivity contribution in [2.45, 2.75) is 130 Å². The fraction of sp³-hybridized carbons (Fsp3) is 0.417. The third-order valence-electron chi connectivity index (χ3n) is 12.8. The number of aliphatic carboxylic acids is 1. The summed E-state index contributed by atoms with van der Waals surface area (Å²) in [5.41, 5.74) is 8.30. The smallest absolute Gasteiger partial charge is 0.354 e. The Kier molecular flexibility index (Phi) is 21.9. The summed E-state index contributed by atoms with van der Waals surface area (Å²) in [6.07, 6.45) is 17.1. The second-order valence-corrected chi connectivity index (χ2v) is 18.9. The Hall–Kier alpha value is -6.63. The zero-order chi connectivity index (χ0) is 50.2. The molecular weight excluding hydrogens is 887 g/mol. The van der Waals surface area contributed by atoms with Crippen molar-refractivity contribution in [2.24, 2.45) is 0 Å². The lowest BCUT2D eigenvalue weighted by atomic mass is 10.0. The van der Waals surface area contributed by atoms with Crippen LogP contribution >= 0.6 is 0 Å². The zero-order valence-electron chi connectivity index (χ0n) is 41.8. The maximum Gasteiger partial charge on any atom is 0.354 e. The lowest BCUT2D eigenvalue weighted by molar-refractivity contribution is -0.138. The predicted molar refractivity (Wildman–Crippen MR) is 280 cm³/mol. The first kappa shape index (κ1) is 53.7. The molecule has 6 rings (SSSR count). The van der Waals surface area contributed by atoms with E-state index in [1.54, 1.807) is 12.1 Å². The number of aryl methyl sites for hydroxylation is 2. The average Bonchev–Trinajstić information content (AvgIpc) is 3.35. The third-order valence-corrected chi connectivity index (χ3v) is 12.8. The number of carboxylic acid groups (broad SMARTS) is 3. The van der Waals surface area contributed by atoms with Crippen LogP contribution in [-0.4, -0.2) is 90.6 Å². The zero-order valence-corrected chi connectivity index (χ0v) is 41.8. The van der Waals surface area contributed by atoms with Crippen LogP contribution in [0, 0.1) is 23.7 Å². The van der Waals surface area contributed by atoms with Crippen LogP contribution < -0.4 is 0 Å². The van der Waals surface area contributed by atoms with Crippen LogP contribution in [0.2, 0.25) is 0 Å². The molecule has 3 N–H and O–H groups in total. The molecule has 1 aliphatic rings. The topological polar surface area (TPSA) is 147 Å². The monoisotopic (exact) mass is 958 g/mol. The van der Waals surface area contributed by atoms with E-state index in [0.717, 1.165) is 40.9 Å². The minimum atomic E-state index is -1.14. The van der Waals surface area contributed by atoms with Gasteiger partial charge in [0.15, 0.2) is 0 Å². The Morgan fingerprint density at radius 1 is 0.493 bits per heavy atom. The number of unbranched alkanes of at least 4 members (excludes halogenated alkanes) is 10. The van der Waals surface area contributed by atoms with Gasteiger partial charge < -0.3 is 15.3 Å². The predicted octanol–water partition coefficient (Wildman–Crippen LogP) is 10.9. The van der Waals surface area contributed by atoms with Crippen molar-refractivity contribution in [3.05, 3.63) is 164 Å². The van der Waals surface area contributed by atoms with E-state index < -0.39 is 17.9 Å². The molecule has 0 spiro atoms. The Morgan fingerprint density at radius 3 is 1.55 bits per heavy atom. The Morgan fingerprint density at radius 2 is 1.00 bits per heavy atom. The highest BCUT2D eigenvalue weighted by atomic mass is 16.4. The molecule has 1 aliphatic heterocycles. The largest absolute Gasteiger partial charge is 0.480 e. The van der Waals surface area contributed by atoms with Crippen molar-refractivity contribution in [1.29, 1.82) is 0 Å². The fourth-order valence-electron chi connectivity index (χ4n) is 8.95. The number of aromatic nitrogens is 2. The molecule has 0 amide bonds. The summed E-state index contributed by atoms with van der Waals surface area (Å²) < 4.78 is 0. The molecule has 5 aromatic rings. The van der Waals surface area contributed by atoms with Crippen molar-refractivity contribution in [1.82, 2.24) is 24.7 Å². The third kappa shape index (κ3) is 19.2. The molecule has 11 heteroatoms. The van der Waals surface area contributed by atoms with Gasteiger partial charge in [0.2, 0.25) is 0 Å². The maximum atomic E-state index is 12.5. The van der Waals surface area contributed by atoms with Crippen molar-refractivity contribution < 1.29 is 29.7 Å². The van der Waals surface area contributed by atoms with Gasteiger partial charge >= 0.3 is 17.9 Å². The standard InChI is InChI=1S/C60H71N5O6/c1-3-5-7-9-11-13-16-46-20-24-48(25-21-46)28-30-50-36-52(38-53(37-50)59(68)69)41-63-32-34-64(42-54-18-15-19-55(61-54)43-65(35-33-63)45-58(66)67)44-56-39-51(40-57(62-56)60(70)71)31-29-49-26-22-47(23-27-49)17-14-12-10-8-6-4-2/h15,18-27,36-40H,3-14,16-17,32-35,41-45H2,1-2H3,(H,66,67)(H,68,69)(H,70,71). The van der Waals surface area contributed by atoms with Crippen LogP contribution in [0.15, 0.2) is 97.1 Å². The number of aromatic carboxylic acids is 2. The summed E-state index contributed by atoms with van der Waals surface area (Å²) in [6, 6.07) is 30.9. The highest BCUT2D eigenvalue weighted by Crippen LogP contribution is 2.19. The second-order valence-electron chi connectivity index (χ2n) is 18.9. The maximum absolute atomic E-state index is 12.5. The van der Waals surface area contributed by atoms with E-state index in [9.17, 15) is 29.7 Å². The van der Waals surface area contributed by atoms with Crippen molar-refractivity contribution in [3.8, 4) is 23.7 Å². The number of benzene rings is 3. The SMILES string of the molecule is CCCCCCCCc1ccc(C#Cc2cc(CN3CCN(CC(=O)O)Cc4cccc(n4)CN(Cc4cc(C#Cc5ccc(CCCCCCCC)cc5)cc(C(=O)O)n4)CC3)cc(C(=O)O)c2)cc1. The van der Waals surface area contributed by atoms with E-state index in [1.807, 2.05) is 59.5 Å². The molecule has 0 aliphatic carbocycles. The summed E-state index contributed by atoms with van der Waals surface area (Å²) in [5, 5.41) is 30.2. The molecule has 3 aromatic carbocycles. The molecule has 2 aromatic heterocycles. The quantitative estimate of drug-likeness (QED) is 0.0450. The molecule has 0 radical (unpaired) electrons. The van der Waals surface area contributed by atoms with Gasteiger partial charge in [0.1, 0.15) is 5.69 Å². The van der Waals surface area contributed by atoms with Crippen molar-refractivity contribution in [3.63, 3.8) is 0 Å². The average molecular weight is 958 g/mol. The lowest BCUT2D eigenvalue weighted by Crippen LogP contribution is -2.41. The van der Waals surface area contributed by atoms with E-state index >= 15 is 0 Å². The first-order valence-corrected chi connectivity index (χ1v) is 25.7. The van der Waals surface area contributed by atoms with Crippen molar-refractivity contribution >= 4 is 17.9 Å². The number of nitrogens with zero attached hydrogens (tertiary/aromatic N) is 5. The minimum absolute atomic E-state index is 0.0894. The molecule has 0 saturated carbocycles. The van der Waals surface area contributed by atoms with Crippen LogP contribution in [0.1, 0.15) is 168 Å². The van der Waals surface area contributed by atoms with E-state index in [2.05, 4.69) is 76.6 Å². The number of fused-ring (bicyclic) bond motifs is 2. The molecule has 0 saturated heterocycles. The second kappa shape index (κ2) is 28.9. The van der Waals surface area contributed by atoms with Gasteiger partial charge in [0.05, 0.1) is 29.2 Å². The van der Waals surface area contributed by atoms with E-state index in [1.165, 1.54) is 94.2 Å². The van der Waals surface area contributed by atoms with Crippen molar-refractivity contribution in [2.75, 3.05) is 32.7 Å². The first-order valence-electron chi connectivity index (χ1n) is 25.7. The molecular formula is C60H71N5O6. The van der Waals surface area contributed by atoms with Gasteiger partial charge in [0, 0.05) is 74.6 Å². The molecule has 3 heterocycles. The van der Waals surface area contributed by atoms with Crippen LogP contribution in [0.25, 0.3) is 0 Å². The molecule has 0 fully saturated rings. The fourth-order valence-corrected chi connectivity index (χ4v) is 8.95. The molecule has 11 nitrogen and oxygen atoms in total.